The smallest absolute Gasteiger partial charge is 0.0657 e. The molecule has 1 aromatic carbocycles. The van der Waals surface area contributed by atoms with E-state index >= 15 is 0 Å². The van der Waals surface area contributed by atoms with Crippen LogP contribution in [0.2, 0.25) is 19.6 Å². The maximum atomic E-state index is 5.28. The van der Waals surface area contributed by atoms with E-state index in [9.17, 15) is 0 Å². The molecule has 0 aliphatic rings. The minimum atomic E-state index is -1.05. The number of hydrogen-bond acceptors (Lipinski definition) is 2. The van der Waals surface area contributed by atoms with E-state index < -0.39 is 8.07 Å². The highest BCUT2D eigenvalue weighted by Gasteiger charge is 2.17. The standard InChI is InChI=1S/C13H23NOSi/c1-15-10-13(14-11-16(2,3)4)12-8-6-5-7-9-12/h5-9,13-14H,10-11H2,1-4H3. The molecule has 90 valence electrons. The summed E-state index contributed by atoms with van der Waals surface area (Å²) in [5.41, 5.74) is 1.31. The Balaban J connectivity index is 2.61. The Morgan fingerprint density at radius 2 is 1.81 bits per heavy atom. The first-order valence-corrected chi connectivity index (χ1v) is 9.51. The van der Waals surface area contributed by atoms with E-state index in [1.807, 2.05) is 6.07 Å². The van der Waals surface area contributed by atoms with Gasteiger partial charge in [-0.25, -0.2) is 0 Å². The van der Waals surface area contributed by atoms with Gasteiger partial charge < -0.3 is 10.1 Å². The predicted octanol–water partition coefficient (Wildman–Crippen LogP) is 2.84. The zero-order valence-corrected chi connectivity index (χ0v) is 11.8. The molecule has 0 aliphatic carbocycles. The maximum Gasteiger partial charge on any atom is 0.0657 e. The average Bonchev–Trinajstić information content (AvgIpc) is 2.24. The van der Waals surface area contributed by atoms with Gasteiger partial charge in [-0.15, -0.1) is 0 Å². The molecule has 0 fully saturated rings. The van der Waals surface area contributed by atoms with Crippen molar-refractivity contribution in [3.05, 3.63) is 35.9 Å². The Morgan fingerprint density at radius 3 is 2.31 bits per heavy atom. The topological polar surface area (TPSA) is 21.3 Å². The number of benzene rings is 1. The summed E-state index contributed by atoms with van der Waals surface area (Å²) in [6, 6.07) is 10.8. The molecule has 0 heterocycles. The van der Waals surface area contributed by atoms with E-state index in [2.05, 4.69) is 49.2 Å². The molecule has 3 heteroatoms. The Morgan fingerprint density at radius 1 is 1.19 bits per heavy atom. The number of ether oxygens (including phenoxy) is 1. The van der Waals surface area contributed by atoms with Crippen LogP contribution in [0.4, 0.5) is 0 Å². The fourth-order valence-corrected chi connectivity index (χ4v) is 2.41. The summed E-state index contributed by atoms with van der Waals surface area (Å²) in [5.74, 6) is 0. The van der Waals surface area contributed by atoms with Crippen molar-refractivity contribution in [1.29, 1.82) is 0 Å². The minimum absolute atomic E-state index is 0.318. The van der Waals surface area contributed by atoms with Gasteiger partial charge in [0.25, 0.3) is 0 Å². The molecule has 0 aromatic heterocycles. The van der Waals surface area contributed by atoms with Crippen LogP contribution in [-0.2, 0) is 4.74 Å². The van der Waals surface area contributed by atoms with E-state index in [1.165, 1.54) is 5.56 Å². The van der Waals surface area contributed by atoms with Crippen LogP contribution in [0, 0.1) is 0 Å². The van der Waals surface area contributed by atoms with Crippen molar-refractivity contribution in [3.63, 3.8) is 0 Å². The zero-order chi connectivity index (χ0) is 12.0. The van der Waals surface area contributed by atoms with Gasteiger partial charge >= 0.3 is 0 Å². The van der Waals surface area contributed by atoms with E-state index in [4.69, 9.17) is 4.74 Å². The summed E-state index contributed by atoms with van der Waals surface area (Å²) < 4.78 is 5.28. The van der Waals surface area contributed by atoms with Crippen molar-refractivity contribution in [2.24, 2.45) is 0 Å². The van der Waals surface area contributed by atoms with Gasteiger partial charge in [0.15, 0.2) is 0 Å². The highest BCUT2D eigenvalue weighted by atomic mass is 28.3. The minimum Gasteiger partial charge on any atom is -0.383 e. The van der Waals surface area contributed by atoms with Crippen molar-refractivity contribution >= 4 is 8.07 Å². The molecule has 1 rings (SSSR count). The van der Waals surface area contributed by atoms with E-state index in [0.29, 0.717) is 6.04 Å². The SMILES string of the molecule is COCC(NC[Si](C)(C)C)c1ccccc1. The first kappa shape index (κ1) is 13.4. The van der Waals surface area contributed by atoms with E-state index in [1.54, 1.807) is 7.11 Å². The lowest BCUT2D eigenvalue weighted by molar-refractivity contribution is 0.169. The Bertz CT molecular complexity index is 295. The Labute approximate surface area is 100 Å². The molecule has 0 saturated heterocycles. The van der Waals surface area contributed by atoms with Crippen molar-refractivity contribution in [2.75, 3.05) is 19.9 Å². The lowest BCUT2D eigenvalue weighted by Crippen LogP contribution is -2.39. The molecular formula is C13H23NOSi. The molecule has 16 heavy (non-hydrogen) atoms. The van der Waals surface area contributed by atoms with E-state index in [0.717, 1.165) is 12.8 Å². The Hall–Kier alpha value is -0.643. The fraction of sp³-hybridized carbons (Fsp3) is 0.538. The van der Waals surface area contributed by atoms with Crippen molar-refractivity contribution < 1.29 is 4.74 Å². The van der Waals surface area contributed by atoms with Gasteiger partial charge in [0.05, 0.1) is 20.7 Å². The van der Waals surface area contributed by atoms with Crippen molar-refractivity contribution in [1.82, 2.24) is 5.32 Å². The second kappa shape index (κ2) is 6.18. The first-order chi connectivity index (χ1) is 7.53. The molecule has 0 aliphatic heterocycles. The van der Waals surface area contributed by atoms with Crippen LogP contribution in [0.25, 0.3) is 0 Å². The monoisotopic (exact) mass is 237 g/mol. The first-order valence-electron chi connectivity index (χ1n) is 5.80. The highest BCUT2D eigenvalue weighted by Crippen LogP contribution is 2.13. The maximum absolute atomic E-state index is 5.28. The molecule has 1 aromatic rings. The van der Waals surface area contributed by atoms with Crippen LogP contribution in [-0.4, -0.2) is 28.0 Å². The molecule has 1 N–H and O–H groups in total. The molecular weight excluding hydrogens is 214 g/mol. The van der Waals surface area contributed by atoms with Gasteiger partial charge in [0.1, 0.15) is 0 Å². The van der Waals surface area contributed by atoms with Gasteiger partial charge in [0.2, 0.25) is 0 Å². The summed E-state index contributed by atoms with van der Waals surface area (Å²) in [6.45, 7) is 7.84. The quantitative estimate of drug-likeness (QED) is 0.768. The summed E-state index contributed by atoms with van der Waals surface area (Å²) in [7, 11) is 0.708. The van der Waals surface area contributed by atoms with Gasteiger partial charge in [-0.3, -0.25) is 0 Å². The molecule has 0 amide bonds. The van der Waals surface area contributed by atoms with Crippen LogP contribution < -0.4 is 5.32 Å². The highest BCUT2D eigenvalue weighted by molar-refractivity contribution is 6.76. The van der Waals surface area contributed by atoms with Crippen LogP contribution in [0.1, 0.15) is 11.6 Å². The average molecular weight is 237 g/mol. The van der Waals surface area contributed by atoms with Crippen LogP contribution in [0.15, 0.2) is 30.3 Å². The number of nitrogens with one attached hydrogen (secondary N) is 1. The molecule has 1 unspecified atom stereocenters. The lowest BCUT2D eigenvalue weighted by atomic mass is 10.1. The second-order valence-corrected chi connectivity index (χ2v) is 10.8. The zero-order valence-electron chi connectivity index (χ0n) is 10.8. The van der Waals surface area contributed by atoms with Gasteiger partial charge in [-0.1, -0.05) is 50.0 Å². The van der Waals surface area contributed by atoms with Crippen LogP contribution in [0.3, 0.4) is 0 Å². The number of hydrogen-bond donors (Lipinski definition) is 1. The predicted molar refractivity (Wildman–Crippen MR) is 72.4 cm³/mol. The summed E-state index contributed by atoms with van der Waals surface area (Å²) in [5, 5.41) is 3.61. The fourth-order valence-electron chi connectivity index (χ4n) is 1.55. The number of methoxy groups -OCH3 is 1. The summed E-state index contributed by atoms with van der Waals surface area (Å²) >= 11 is 0. The molecule has 1 atom stereocenters. The van der Waals surface area contributed by atoms with Gasteiger partial charge in [-0.05, 0) is 11.7 Å². The van der Waals surface area contributed by atoms with Crippen LogP contribution in [0.5, 0.6) is 0 Å². The third kappa shape index (κ3) is 4.92. The lowest BCUT2D eigenvalue weighted by Gasteiger charge is -2.23. The Kier molecular flexibility index (Phi) is 5.18. The molecule has 0 saturated carbocycles. The van der Waals surface area contributed by atoms with Crippen molar-refractivity contribution in [3.8, 4) is 0 Å². The third-order valence-corrected chi connectivity index (χ3v) is 3.68. The largest absolute Gasteiger partial charge is 0.383 e. The molecule has 2 nitrogen and oxygen atoms in total. The normalized spacial score (nSPS) is 13.8. The molecule has 0 bridgehead atoms. The molecule has 0 spiro atoms. The van der Waals surface area contributed by atoms with Crippen LogP contribution >= 0.6 is 0 Å². The van der Waals surface area contributed by atoms with Crippen molar-refractivity contribution in [2.45, 2.75) is 25.7 Å². The summed E-state index contributed by atoms with van der Waals surface area (Å²) in [6.07, 6.45) is 1.12. The van der Waals surface area contributed by atoms with Gasteiger partial charge in [0, 0.05) is 7.11 Å². The van der Waals surface area contributed by atoms with E-state index in [-0.39, 0.29) is 0 Å². The second-order valence-electron chi connectivity index (χ2n) is 5.36. The number of rotatable bonds is 6. The third-order valence-electron chi connectivity index (χ3n) is 2.41. The summed E-state index contributed by atoms with van der Waals surface area (Å²) in [4.78, 5) is 0. The molecule has 0 radical (unpaired) electrons. The van der Waals surface area contributed by atoms with Gasteiger partial charge in [-0.2, -0.15) is 0 Å².